The van der Waals surface area contributed by atoms with E-state index in [2.05, 4.69) is 14.9 Å². The molecule has 0 atom stereocenters. The SMILES string of the molecule is COCCCSc1cc(OC)c(NS(=O)(=O)Cc2cc(Cl)cc(Cl)c2)nn1. The van der Waals surface area contributed by atoms with Gasteiger partial charge in [0.2, 0.25) is 15.8 Å². The lowest BCUT2D eigenvalue weighted by Crippen LogP contribution is -2.17. The van der Waals surface area contributed by atoms with Gasteiger partial charge in [-0.15, -0.1) is 22.0 Å². The highest BCUT2D eigenvalue weighted by Crippen LogP contribution is 2.28. The summed E-state index contributed by atoms with van der Waals surface area (Å²) in [5.41, 5.74) is 0.456. The van der Waals surface area contributed by atoms with Gasteiger partial charge >= 0.3 is 0 Å². The molecule has 0 aliphatic rings. The molecule has 0 fully saturated rings. The van der Waals surface area contributed by atoms with Crippen LogP contribution in [0.2, 0.25) is 10.0 Å². The molecule has 7 nitrogen and oxygen atoms in total. The number of halogens is 2. The molecule has 148 valence electrons. The fourth-order valence-electron chi connectivity index (χ4n) is 2.13. The number of aromatic nitrogens is 2. The zero-order chi connectivity index (χ0) is 19.9. The van der Waals surface area contributed by atoms with Gasteiger partial charge < -0.3 is 9.47 Å². The van der Waals surface area contributed by atoms with Crippen molar-refractivity contribution in [2.75, 3.05) is 31.3 Å². The van der Waals surface area contributed by atoms with Gasteiger partial charge in [-0.2, -0.15) is 0 Å². The number of methoxy groups -OCH3 is 2. The third-order valence-electron chi connectivity index (χ3n) is 3.23. The van der Waals surface area contributed by atoms with Gasteiger partial charge in [-0.3, -0.25) is 4.72 Å². The molecule has 0 aliphatic heterocycles. The first-order chi connectivity index (χ1) is 12.8. The maximum Gasteiger partial charge on any atom is 0.238 e. The smallest absolute Gasteiger partial charge is 0.238 e. The summed E-state index contributed by atoms with van der Waals surface area (Å²) in [5, 5.41) is 9.32. The lowest BCUT2D eigenvalue weighted by atomic mass is 10.2. The molecule has 1 heterocycles. The van der Waals surface area contributed by atoms with Crippen molar-refractivity contribution in [2.45, 2.75) is 17.2 Å². The normalized spacial score (nSPS) is 11.4. The standard InChI is InChI=1S/C16H19Cl2N3O4S2/c1-24-4-3-5-26-15-9-14(25-2)16(20-19-15)21-27(22,23)10-11-6-12(17)8-13(18)7-11/h6-9H,3-5,10H2,1-2H3,(H,20,21). The van der Waals surface area contributed by atoms with Crippen LogP contribution in [0.1, 0.15) is 12.0 Å². The number of benzene rings is 1. The Kier molecular flexibility index (Phi) is 8.43. The van der Waals surface area contributed by atoms with Crippen molar-refractivity contribution in [1.29, 1.82) is 0 Å². The molecule has 0 unspecified atom stereocenters. The van der Waals surface area contributed by atoms with Crippen LogP contribution in [0.15, 0.2) is 29.3 Å². The van der Waals surface area contributed by atoms with Gasteiger partial charge in [0.05, 0.1) is 12.9 Å². The van der Waals surface area contributed by atoms with Gasteiger partial charge in [-0.25, -0.2) is 8.42 Å². The Hall–Kier alpha value is -1.26. The molecule has 0 spiro atoms. The van der Waals surface area contributed by atoms with Crippen LogP contribution in [0, 0.1) is 0 Å². The molecule has 1 aromatic heterocycles. The van der Waals surface area contributed by atoms with E-state index < -0.39 is 10.0 Å². The van der Waals surface area contributed by atoms with Crippen molar-refractivity contribution < 1.29 is 17.9 Å². The first-order valence-electron chi connectivity index (χ1n) is 7.82. The molecule has 11 heteroatoms. The molecular weight excluding hydrogens is 433 g/mol. The topological polar surface area (TPSA) is 90.4 Å². The van der Waals surface area contributed by atoms with Crippen molar-refractivity contribution in [3.8, 4) is 5.75 Å². The lowest BCUT2D eigenvalue weighted by molar-refractivity contribution is 0.200. The number of rotatable bonds is 10. The van der Waals surface area contributed by atoms with Crippen molar-refractivity contribution in [2.24, 2.45) is 0 Å². The fourth-order valence-corrected chi connectivity index (χ4v) is 4.58. The largest absolute Gasteiger partial charge is 0.493 e. The monoisotopic (exact) mass is 451 g/mol. The van der Waals surface area contributed by atoms with Crippen LogP contribution >= 0.6 is 35.0 Å². The van der Waals surface area contributed by atoms with Crippen molar-refractivity contribution in [3.63, 3.8) is 0 Å². The fraction of sp³-hybridized carbons (Fsp3) is 0.375. The summed E-state index contributed by atoms with van der Waals surface area (Å²) >= 11 is 13.3. The molecule has 0 bridgehead atoms. The number of anilines is 1. The van der Waals surface area contributed by atoms with E-state index in [0.717, 1.165) is 12.2 Å². The Morgan fingerprint density at radius 1 is 1.11 bits per heavy atom. The van der Waals surface area contributed by atoms with Gasteiger partial charge in [0.25, 0.3) is 0 Å². The molecule has 1 N–H and O–H groups in total. The Morgan fingerprint density at radius 2 is 1.81 bits per heavy atom. The molecule has 1 aromatic carbocycles. The molecule has 0 radical (unpaired) electrons. The number of nitrogens with one attached hydrogen (secondary N) is 1. The Labute approximate surface area is 172 Å². The van der Waals surface area contributed by atoms with E-state index >= 15 is 0 Å². The Morgan fingerprint density at radius 3 is 2.44 bits per heavy atom. The molecule has 27 heavy (non-hydrogen) atoms. The van der Waals surface area contributed by atoms with Crippen molar-refractivity contribution in [1.82, 2.24) is 10.2 Å². The van der Waals surface area contributed by atoms with Gasteiger partial charge in [-0.1, -0.05) is 23.2 Å². The van der Waals surface area contributed by atoms with Gasteiger partial charge in [0, 0.05) is 35.6 Å². The minimum absolute atomic E-state index is 0.0202. The number of sulfonamides is 1. The number of hydrogen-bond acceptors (Lipinski definition) is 7. The Balaban J connectivity index is 2.10. The quantitative estimate of drug-likeness (QED) is 0.432. The first-order valence-corrected chi connectivity index (χ1v) is 11.2. The highest BCUT2D eigenvalue weighted by Gasteiger charge is 2.18. The zero-order valence-corrected chi connectivity index (χ0v) is 17.9. The molecular formula is C16H19Cl2N3O4S2. The molecule has 2 aromatic rings. The van der Waals surface area contributed by atoms with E-state index in [1.807, 2.05) is 0 Å². The van der Waals surface area contributed by atoms with E-state index in [9.17, 15) is 8.42 Å². The van der Waals surface area contributed by atoms with E-state index in [1.54, 1.807) is 13.2 Å². The van der Waals surface area contributed by atoms with Crippen LogP contribution in [0.25, 0.3) is 0 Å². The van der Waals surface area contributed by atoms with Crippen molar-refractivity contribution >= 4 is 50.8 Å². The number of ether oxygens (including phenoxy) is 2. The zero-order valence-electron chi connectivity index (χ0n) is 14.7. The lowest BCUT2D eigenvalue weighted by Gasteiger charge is -2.11. The summed E-state index contributed by atoms with van der Waals surface area (Å²) in [4.78, 5) is 0. The molecule has 2 rings (SSSR count). The highest BCUT2D eigenvalue weighted by atomic mass is 35.5. The average Bonchev–Trinajstić information content (AvgIpc) is 2.58. The third kappa shape index (κ3) is 7.34. The number of thioether (sulfide) groups is 1. The van der Waals surface area contributed by atoms with Crippen LogP contribution in [0.4, 0.5) is 5.82 Å². The predicted molar refractivity (Wildman–Crippen MR) is 109 cm³/mol. The van der Waals surface area contributed by atoms with Crippen LogP contribution in [0.3, 0.4) is 0 Å². The second kappa shape index (κ2) is 10.3. The maximum atomic E-state index is 12.4. The van der Waals surface area contributed by atoms with Crippen LogP contribution in [-0.4, -0.2) is 45.2 Å². The highest BCUT2D eigenvalue weighted by molar-refractivity contribution is 7.99. The summed E-state index contributed by atoms with van der Waals surface area (Å²) in [7, 11) is -0.684. The minimum atomic E-state index is -3.76. The number of hydrogen-bond donors (Lipinski definition) is 1. The van der Waals surface area contributed by atoms with Crippen molar-refractivity contribution in [3.05, 3.63) is 39.9 Å². The summed E-state index contributed by atoms with van der Waals surface area (Å²) < 4.78 is 37.5. The van der Waals surface area contributed by atoms with Gasteiger partial charge in [0.1, 0.15) is 5.03 Å². The molecule has 0 amide bonds. The van der Waals surface area contributed by atoms with Gasteiger partial charge in [0.15, 0.2) is 5.75 Å². The average molecular weight is 452 g/mol. The van der Waals surface area contributed by atoms with Crippen LogP contribution in [-0.2, 0) is 20.5 Å². The van der Waals surface area contributed by atoms with E-state index in [0.29, 0.717) is 27.2 Å². The summed E-state index contributed by atoms with van der Waals surface area (Å²) in [5.74, 6) is 0.788. The summed E-state index contributed by atoms with van der Waals surface area (Å²) in [6.45, 7) is 0.656. The van der Waals surface area contributed by atoms with Crippen LogP contribution < -0.4 is 9.46 Å². The first kappa shape index (κ1) is 22.0. The second-order valence-electron chi connectivity index (χ2n) is 5.43. The second-order valence-corrected chi connectivity index (χ2v) is 9.14. The van der Waals surface area contributed by atoms with E-state index in [4.69, 9.17) is 32.7 Å². The summed E-state index contributed by atoms with van der Waals surface area (Å²) in [6.07, 6.45) is 0.863. The van der Waals surface area contributed by atoms with Crippen LogP contribution in [0.5, 0.6) is 5.75 Å². The predicted octanol–water partition coefficient (Wildman–Crippen LogP) is 3.86. The maximum absolute atomic E-state index is 12.4. The van der Waals surface area contributed by atoms with E-state index in [-0.39, 0.29) is 17.3 Å². The molecule has 0 saturated heterocycles. The summed E-state index contributed by atoms with van der Waals surface area (Å²) in [6, 6.07) is 6.24. The Bertz CT molecular complexity index is 862. The minimum Gasteiger partial charge on any atom is -0.493 e. The number of nitrogens with zero attached hydrogens (tertiary/aromatic N) is 2. The van der Waals surface area contributed by atoms with Gasteiger partial charge in [-0.05, 0) is 30.2 Å². The molecule has 0 aliphatic carbocycles. The molecule has 0 saturated carbocycles. The third-order valence-corrected chi connectivity index (χ3v) is 5.87. The van der Waals surface area contributed by atoms with E-state index in [1.165, 1.54) is 37.1 Å².